The van der Waals surface area contributed by atoms with E-state index in [9.17, 15) is 4.79 Å². The molecule has 1 aromatic carbocycles. The lowest BCUT2D eigenvalue weighted by Crippen LogP contribution is -2.50. The van der Waals surface area contributed by atoms with E-state index in [1.165, 1.54) is 11.1 Å². The van der Waals surface area contributed by atoms with E-state index in [1.807, 2.05) is 20.8 Å². The third kappa shape index (κ3) is 4.57. The maximum atomic E-state index is 12.2. The van der Waals surface area contributed by atoms with Crippen molar-refractivity contribution in [1.29, 1.82) is 0 Å². The molecule has 1 aliphatic heterocycles. The van der Waals surface area contributed by atoms with Gasteiger partial charge in [0.15, 0.2) is 0 Å². The highest BCUT2D eigenvalue weighted by atomic mass is 32.1. The molecular formula is C18H29N3O2S. The van der Waals surface area contributed by atoms with Gasteiger partial charge in [0.1, 0.15) is 5.60 Å². The lowest BCUT2D eigenvalue weighted by Gasteiger charge is -2.37. The maximum absolute atomic E-state index is 12.2. The van der Waals surface area contributed by atoms with Crippen molar-refractivity contribution < 1.29 is 9.53 Å². The van der Waals surface area contributed by atoms with Crippen LogP contribution >= 0.6 is 12.6 Å². The van der Waals surface area contributed by atoms with Crippen LogP contribution in [-0.2, 0) is 17.0 Å². The molecule has 1 amide bonds. The summed E-state index contributed by atoms with van der Waals surface area (Å²) in [6.45, 7) is 11.2. The van der Waals surface area contributed by atoms with E-state index in [2.05, 4.69) is 36.6 Å². The summed E-state index contributed by atoms with van der Waals surface area (Å²) in [5, 5.41) is 0. The molecule has 1 heterocycles. The van der Waals surface area contributed by atoms with Crippen molar-refractivity contribution in [3.05, 3.63) is 28.8 Å². The molecule has 0 atom stereocenters. The first-order valence-electron chi connectivity index (χ1n) is 8.41. The topological polar surface area (TPSA) is 58.8 Å². The zero-order valence-electron chi connectivity index (χ0n) is 15.1. The summed E-state index contributed by atoms with van der Waals surface area (Å²) in [6.07, 6.45) is -0.232. The van der Waals surface area contributed by atoms with Gasteiger partial charge in [-0.15, -0.1) is 0 Å². The number of nitrogens with two attached hydrogens (primary N) is 1. The van der Waals surface area contributed by atoms with E-state index < -0.39 is 5.60 Å². The molecule has 2 rings (SSSR count). The largest absolute Gasteiger partial charge is 0.444 e. The number of carbonyl (C=O) groups excluding carboxylic acids is 1. The fourth-order valence-electron chi connectivity index (χ4n) is 2.85. The Labute approximate surface area is 150 Å². The van der Waals surface area contributed by atoms with Crippen LogP contribution in [-0.4, -0.2) is 42.8 Å². The van der Waals surface area contributed by atoms with Crippen molar-refractivity contribution in [3.8, 4) is 0 Å². The van der Waals surface area contributed by atoms with Crippen LogP contribution in [0.1, 0.15) is 37.5 Å². The van der Waals surface area contributed by atoms with Gasteiger partial charge in [0.25, 0.3) is 0 Å². The zero-order valence-corrected chi connectivity index (χ0v) is 16.0. The van der Waals surface area contributed by atoms with Gasteiger partial charge in [-0.1, -0.05) is 0 Å². The number of rotatable bonds is 3. The number of amides is 1. The molecule has 0 unspecified atom stereocenters. The lowest BCUT2D eigenvalue weighted by atomic mass is 10.0. The van der Waals surface area contributed by atoms with Crippen molar-refractivity contribution in [3.63, 3.8) is 0 Å². The number of anilines is 1. The molecule has 1 aromatic rings. The molecule has 0 spiro atoms. The summed E-state index contributed by atoms with van der Waals surface area (Å²) in [7, 11) is 0. The molecule has 1 aliphatic rings. The second kappa shape index (κ2) is 7.66. The van der Waals surface area contributed by atoms with Gasteiger partial charge in [-0.25, -0.2) is 4.79 Å². The Bertz CT molecular complexity index is 565. The average Bonchev–Trinajstić information content (AvgIpc) is 2.53. The normalized spacial score (nSPS) is 15.6. The Morgan fingerprint density at radius 2 is 1.79 bits per heavy atom. The van der Waals surface area contributed by atoms with Crippen molar-refractivity contribution in [1.82, 2.24) is 4.90 Å². The van der Waals surface area contributed by atoms with Crippen LogP contribution in [0.4, 0.5) is 10.5 Å². The molecule has 0 saturated carbocycles. The summed E-state index contributed by atoms with van der Waals surface area (Å²) >= 11 is 4.43. The maximum Gasteiger partial charge on any atom is 0.410 e. The van der Waals surface area contributed by atoms with Gasteiger partial charge >= 0.3 is 6.09 Å². The van der Waals surface area contributed by atoms with Crippen LogP contribution in [0.3, 0.4) is 0 Å². The summed E-state index contributed by atoms with van der Waals surface area (Å²) < 4.78 is 5.45. The number of ether oxygens (including phenoxy) is 1. The molecule has 2 N–H and O–H groups in total. The molecule has 0 radical (unpaired) electrons. The van der Waals surface area contributed by atoms with Crippen molar-refractivity contribution in [2.75, 3.05) is 31.1 Å². The quantitative estimate of drug-likeness (QED) is 0.822. The number of hydrogen-bond donors (Lipinski definition) is 2. The Morgan fingerprint density at radius 3 is 2.29 bits per heavy atom. The zero-order chi connectivity index (χ0) is 17.9. The van der Waals surface area contributed by atoms with Crippen molar-refractivity contribution in [2.45, 2.75) is 45.6 Å². The van der Waals surface area contributed by atoms with Crippen LogP contribution in [0.25, 0.3) is 0 Å². The van der Waals surface area contributed by atoms with E-state index in [4.69, 9.17) is 10.5 Å². The predicted octanol–water partition coefficient (Wildman–Crippen LogP) is 2.94. The van der Waals surface area contributed by atoms with Crippen molar-refractivity contribution >= 4 is 24.4 Å². The molecule has 0 aromatic heterocycles. The van der Waals surface area contributed by atoms with Gasteiger partial charge in [0.2, 0.25) is 0 Å². The lowest BCUT2D eigenvalue weighted by molar-refractivity contribution is 0.0240. The van der Waals surface area contributed by atoms with E-state index in [0.717, 1.165) is 24.3 Å². The minimum Gasteiger partial charge on any atom is -0.444 e. The summed E-state index contributed by atoms with van der Waals surface area (Å²) in [5.41, 5.74) is 10.2. The Hall–Kier alpha value is -1.40. The molecule has 0 bridgehead atoms. The Balaban J connectivity index is 2.06. The first-order chi connectivity index (χ1) is 11.2. The minimum atomic E-state index is -0.456. The summed E-state index contributed by atoms with van der Waals surface area (Å²) in [6, 6.07) is 4.34. The highest BCUT2D eigenvalue weighted by molar-refractivity contribution is 7.79. The van der Waals surface area contributed by atoms with Crippen LogP contribution in [0.15, 0.2) is 12.1 Å². The van der Waals surface area contributed by atoms with Gasteiger partial charge in [-0.2, -0.15) is 12.6 Å². The van der Waals surface area contributed by atoms with Gasteiger partial charge in [0, 0.05) is 44.2 Å². The van der Waals surface area contributed by atoms with E-state index in [-0.39, 0.29) is 6.09 Å². The second-order valence-corrected chi connectivity index (χ2v) is 7.52. The van der Waals surface area contributed by atoms with Crippen molar-refractivity contribution in [2.24, 2.45) is 5.73 Å². The Morgan fingerprint density at radius 1 is 1.21 bits per heavy atom. The van der Waals surface area contributed by atoms with Crippen LogP contribution in [0, 0.1) is 6.92 Å². The number of benzene rings is 1. The van der Waals surface area contributed by atoms with Gasteiger partial charge < -0.3 is 20.3 Å². The predicted molar refractivity (Wildman–Crippen MR) is 102 cm³/mol. The van der Waals surface area contributed by atoms with E-state index in [0.29, 0.717) is 25.4 Å². The minimum absolute atomic E-state index is 0.232. The fraction of sp³-hybridized carbons (Fsp3) is 0.611. The molecule has 0 aliphatic carbocycles. The smallest absolute Gasteiger partial charge is 0.410 e. The highest BCUT2D eigenvalue weighted by Gasteiger charge is 2.26. The summed E-state index contributed by atoms with van der Waals surface area (Å²) in [5.74, 6) is 0.699. The highest BCUT2D eigenvalue weighted by Crippen LogP contribution is 2.26. The number of nitrogens with zero attached hydrogens (tertiary/aromatic N) is 2. The van der Waals surface area contributed by atoms with Gasteiger partial charge in [0.05, 0.1) is 0 Å². The van der Waals surface area contributed by atoms with E-state index >= 15 is 0 Å². The molecular weight excluding hydrogens is 322 g/mol. The first kappa shape index (κ1) is 18.9. The molecule has 24 heavy (non-hydrogen) atoms. The third-order valence-electron chi connectivity index (χ3n) is 4.29. The van der Waals surface area contributed by atoms with E-state index in [1.54, 1.807) is 4.90 Å². The number of hydrogen-bond acceptors (Lipinski definition) is 5. The average molecular weight is 352 g/mol. The molecule has 6 heteroatoms. The molecule has 1 saturated heterocycles. The van der Waals surface area contributed by atoms with Gasteiger partial charge in [-0.3, -0.25) is 0 Å². The van der Waals surface area contributed by atoms with Crippen LogP contribution in [0.2, 0.25) is 0 Å². The summed E-state index contributed by atoms with van der Waals surface area (Å²) in [4.78, 5) is 16.2. The fourth-order valence-corrected chi connectivity index (χ4v) is 3.18. The van der Waals surface area contributed by atoms with Crippen LogP contribution in [0.5, 0.6) is 0 Å². The molecule has 5 nitrogen and oxygen atoms in total. The van der Waals surface area contributed by atoms with Gasteiger partial charge in [-0.05, 0) is 56.5 Å². The SMILES string of the molecule is Cc1c(CN)cc(N2CCN(C(=O)OC(C)(C)C)CC2)cc1CS. The monoisotopic (exact) mass is 351 g/mol. The Kier molecular flexibility index (Phi) is 6.04. The number of piperazine rings is 1. The standard InChI is InChI=1S/C18H29N3O2S/c1-13-14(11-19)9-16(10-15(13)12-24)20-5-7-21(8-6-20)17(22)23-18(2,3)4/h9-10,24H,5-8,11-12,19H2,1-4H3. The molecule has 1 fully saturated rings. The number of carbonyl (C=O) groups is 1. The second-order valence-electron chi connectivity index (χ2n) is 7.21. The molecule has 134 valence electrons. The third-order valence-corrected chi connectivity index (χ3v) is 4.64. The van der Waals surface area contributed by atoms with Crippen LogP contribution < -0.4 is 10.6 Å². The first-order valence-corrected chi connectivity index (χ1v) is 9.04. The number of thiol groups is 1.